The zero-order valence-electron chi connectivity index (χ0n) is 30.4. The number of likely N-dealkylation sites (tertiary alicyclic amines) is 2. The van der Waals surface area contributed by atoms with E-state index in [1.165, 1.54) is 30.2 Å². The first-order chi connectivity index (χ1) is 24.5. The quantitative estimate of drug-likeness (QED) is 0.222. The summed E-state index contributed by atoms with van der Waals surface area (Å²) in [6.07, 6.45) is 3.05. The first kappa shape index (κ1) is 38.9. The number of hydrogen-bond acceptors (Lipinski definition) is 10. The number of methoxy groups -OCH3 is 1. The van der Waals surface area contributed by atoms with Crippen molar-refractivity contribution in [1.29, 1.82) is 0 Å². The van der Waals surface area contributed by atoms with Crippen LogP contribution in [0.1, 0.15) is 88.9 Å². The van der Waals surface area contributed by atoms with Crippen LogP contribution in [-0.4, -0.2) is 97.9 Å². The molecule has 4 amide bonds. The minimum Gasteiger partial charge on any atom is -0.465 e. The first-order valence-corrected chi connectivity index (χ1v) is 19.5. The number of Topliss-reactive ketones (excluding diaryl/α,β-unsaturated/α-hetero) is 1. The molecule has 15 heteroatoms. The lowest BCUT2D eigenvalue weighted by Crippen LogP contribution is -2.49. The monoisotopic (exact) mass is 742 g/mol. The van der Waals surface area contributed by atoms with Gasteiger partial charge in [0, 0.05) is 32.4 Å². The summed E-state index contributed by atoms with van der Waals surface area (Å²) in [5.41, 5.74) is -1.80. The van der Waals surface area contributed by atoms with E-state index < -0.39 is 79.7 Å². The molecule has 0 unspecified atom stereocenters. The lowest BCUT2D eigenvalue weighted by Gasteiger charge is -2.36. The van der Waals surface area contributed by atoms with Crippen LogP contribution in [0.4, 0.5) is 10.5 Å². The number of para-hydroxylation sites is 1. The van der Waals surface area contributed by atoms with Gasteiger partial charge in [-0.25, -0.2) is 18.0 Å². The van der Waals surface area contributed by atoms with Crippen molar-refractivity contribution in [2.24, 2.45) is 22.7 Å². The van der Waals surface area contributed by atoms with Gasteiger partial charge in [0.2, 0.25) is 27.7 Å². The molecule has 14 nitrogen and oxygen atoms in total. The number of amides is 4. The normalized spacial score (nSPS) is 25.0. The van der Waals surface area contributed by atoms with E-state index in [0.29, 0.717) is 25.9 Å². The molecule has 0 aromatic heterocycles. The highest BCUT2D eigenvalue weighted by molar-refractivity contribution is 7.90. The van der Waals surface area contributed by atoms with Gasteiger partial charge in [0.25, 0.3) is 0 Å². The average Bonchev–Trinajstić information content (AvgIpc) is 4.03. The number of carbonyl (C=O) groups is 6. The number of piperidine rings is 1. The Kier molecular flexibility index (Phi) is 11.5. The third-order valence-corrected chi connectivity index (χ3v) is 12.6. The Morgan fingerprint density at radius 3 is 2.33 bits per heavy atom. The summed E-state index contributed by atoms with van der Waals surface area (Å²) >= 11 is 0. The van der Waals surface area contributed by atoms with Crippen LogP contribution in [0.3, 0.4) is 0 Å². The number of nitrogens with zero attached hydrogens (tertiary/aromatic N) is 2. The molecule has 0 radical (unpaired) electrons. The number of nitrogens with one attached hydrogen (secondary N) is 2. The number of hydrogen-bond donors (Lipinski definition) is 2. The molecule has 5 rings (SSSR count). The minimum absolute atomic E-state index is 0.0695. The van der Waals surface area contributed by atoms with Crippen molar-refractivity contribution in [3.8, 4) is 0 Å². The van der Waals surface area contributed by atoms with Crippen LogP contribution in [0.15, 0.2) is 36.9 Å². The second kappa shape index (κ2) is 15.4. The minimum atomic E-state index is -3.89. The van der Waals surface area contributed by atoms with Crippen LogP contribution in [0.2, 0.25) is 0 Å². The SMILES string of the molecule is C=C[C@@H]1C[C@]1(CC(=O)[C@@H]1C[C@@H](OC(=O)Nc2ccccc2C(=O)OC)CN1C(=O)[C@@H](CC(=O)N1CCCCC1)C(C)(C)C)C(=O)NS(=O)(=O)C1CC1. The van der Waals surface area contributed by atoms with Crippen LogP contribution in [0.25, 0.3) is 0 Å². The molecule has 1 aromatic rings. The second-order valence-corrected chi connectivity index (χ2v) is 17.5. The molecule has 2 saturated heterocycles. The summed E-state index contributed by atoms with van der Waals surface area (Å²) in [6.45, 7) is 10.4. The van der Waals surface area contributed by atoms with Gasteiger partial charge in [0.1, 0.15) is 6.10 Å². The number of benzene rings is 1. The largest absolute Gasteiger partial charge is 0.465 e. The highest BCUT2D eigenvalue weighted by atomic mass is 32.2. The van der Waals surface area contributed by atoms with Crippen molar-refractivity contribution in [3.05, 3.63) is 42.5 Å². The Balaban J connectivity index is 1.38. The molecule has 5 atom stereocenters. The third-order valence-electron chi connectivity index (χ3n) is 10.7. The highest BCUT2D eigenvalue weighted by Crippen LogP contribution is 2.57. The average molecular weight is 743 g/mol. The number of ketones is 1. The molecule has 4 aliphatic rings. The molecular weight excluding hydrogens is 692 g/mol. The first-order valence-electron chi connectivity index (χ1n) is 17.9. The van der Waals surface area contributed by atoms with Crippen molar-refractivity contribution in [2.45, 2.75) is 96.0 Å². The van der Waals surface area contributed by atoms with Crippen LogP contribution < -0.4 is 10.0 Å². The van der Waals surface area contributed by atoms with Gasteiger partial charge in [-0.05, 0) is 62.0 Å². The molecule has 2 saturated carbocycles. The van der Waals surface area contributed by atoms with Crippen molar-refractivity contribution in [3.63, 3.8) is 0 Å². The van der Waals surface area contributed by atoms with E-state index in [2.05, 4.69) is 16.6 Å². The van der Waals surface area contributed by atoms with Gasteiger partial charge in [-0.2, -0.15) is 0 Å². The van der Waals surface area contributed by atoms with Crippen LogP contribution in [-0.2, 0) is 38.7 Å². The topological polar surface area (TPSA) is 186 Å². The van der Waals surface area contributed by atoms with Gasteiger partial charge in [-0.15, -0.1) is 6.58 Å². The van der Waals surface area contributed by atoms with E-state index >= 15 is 0 Å². The number of sulfonamides is 1. The lowest BCUT2D eigenvalue weighted by molar-refractivity contribution is -0.148. The van der Waals surface area contributed by atoms with E-state index in [1.807, 2.05) is 20.8 Å². The summed E-state index contributed by atoms with van der Waals surface area (Å²) in [5.74, 6) is -3.81. The molecule has 284 valence electrons. The van der Waals surface area contributed by atoms with E-state index in [-0.39, 0.29) is 49.4 Å². The van der Waals surface area contributed by atoms with Gasteiger partial charge in [0.15, 0.2) is 5.78 Å². The zero-order chi connectivity index (χ0) is 38.0. The fraction of sp³-hybridized carbons (Fsp3) is 0.622. The molecular formula is C37H50N4O10S. The maximum absolute atomic E-state index is 14.5. The van der Waals surface area contributed by atoms with Crippen molar-refractivity contribution in [1.82, 2.24) is 14.5 Å². The molecule has 2 heterocycles. The summed E-state index contributed by atoms with van der Waals surface area (Å²) in [4.78, 5) is 84.3. The van der Waals surface area contributed by atoms with Crippen LogP contribution in [0, 0.1) is 22.7 Å². The van der Waals surface area contributed by atoms with Gasteiger partial charge in [-0.1, -0.05) is 39.0 Å². The van der Waals surface area contributed by atoms with E-state index in [0.717, 1.165) is 19.3 Å². The number of rotatable bonds is 13. The van der Waals surface area contributed by atoms with Crippen molar-refractivity contribution in [2.75, 3.05) is 32.1 Å². The fourth-order valence-electron chi connectivity index (χ4n) is 7.32. The Bertz CT molecular complexity index is 1710. The zero-order valence-corrected chi connectivity index (χ0v) is 31.2. The van der Waals surface area contributed by atoms with E-state index in [4.69, 9.17) is 9.47 Å². The molecule has 4 fully saturated rings. The summed E-state index contributed by atoms with van der Waals surface area (Å²) in [5, 5.41) is 1.90. The molecule has 0 spiro atoms. The number of esters is 1. The highest BCUT2D eigenvalue weighted by Gasteiger charge is 2.61. The van der Waals surface area contributed by atoms with Gasteiger partial charge in [-0.3, -0.25) is 29.2 Å². The number of anilines is 1. The van der Waals surface area contributed by atoms with E-state index in [1.54, 1.807) is 17.0 Å². The smallest absolute Gasteiger partial charge is 0.411 e. The third kappa shape index (κ3) is 8.67. The lowest BCUT2D eigenvalue weighted by atomic mass is 9.77. The van der Waals surface area contributed by atoms with Crippen LogP contribution in [0.5, 0.6) is 0 Å². The van der Waals surface area contributed by atoms with E-state index in [9.17, 15) is 37.2 Å². The van der Waals surface area contributed by atoms with Crippen LogP contribution >= 0.6 is 0 Å². The van der Waals surface area contributed by atoms with Gasteiger partial charge >= 0.3 is 12.1 Å². The Morgan fingerprint density at radius 1 is 1.06 bits per heavy atom. The van der Waals surface area contributed by atoms with Crippen molar-refractivity contribution < 1.29 is 46.7 Å². The number of allylic oxidation sites excluding steroid dienone is 1. The number of carbonyl (C=O) groups excluding carboxylic acids is 6. The predicted octanol–water partition coefficient (Wildman–Crippen LogP) is 3.82. The molecule has 1 aromatic carbocycles. The number of ether oxygens (including phenoxy) is 2. The Morgan fingerprint density at radius 2 is 1.73 bits per heavy atom. The molecule has 2 aliphatic carbocycles. The molecule has 2 aliphatic heterocycles. The molecule has 2 N–H and O–H groups in total. The Hall–Kier alpha value is -4.27. The maximum Gasteiger partial charge on any atom is 0.411 e. The van der Waals surface area contributed by atoms with Crippen molar-refractivity contribution >= 4 is 51.3 Å². The molecule has 52 heavy (non-hydrogen) atoms. The second-order valence-electron chi connectivity index (χ2n) is 15.5. The Labute approximate surface area is 305 Å². The summed E-state index contributed by atoms with van der Waals surface area (Å²) < 4.78 is 38.0. The molecule has 0 bridgehead atoms. The van der Waals surface area contributed by atoms with Gasteiger partial charge in [0.05, 0.1) is 47.5 Å². The maximum atomic E-state index is 14.5. The fourth-order valence-corrected chi connectivity index (χ4v) is 8.71. The summed E-state index contributed by atoms with van der Waals surface area (Å²) in [7, 11) is -2.68. The van der Waals surface area contributed by atoms with Gasteiger partial charge < -0.3 is 19.3 Å². The predicted molar refractivity (Wildman–Crippen MR) is 190 cm³/mol. The summed E-state index contributed by atoms with van der Waals surface area (Å²) in [6, 6.07) is 5.06. The standard InChI is InChI=1S/C37H50N4O10S/c1-6-23-20-37(23,34(46)39-52(48,49)25-14-15-25)21-30(42)29-18-24(51-35(47)38-28-13-9-8-12-26(28)33(45)50-5)22-41(29)32(44)27(36(2,3)4)19-31(43)40-16-10-7-11-17-40/h6,8-9,12-13,23-25,27,29H,1,7,10-11,14-22H2,2-5H3,(H,38,47)(H,39,46)/t23-,24-,27-,29+,37-/m1/s1.